The number of halogens is 1. The molecule has 0 saturated carbocycles. The van der Waals surface area contributed by atoms with Crippen LogP contribution in [0.4, 0.5) is 4.39 Å². The summed E-state index contributed by atoms with van der Waals surface area (Å²) in [4.78, 5) is 11.5. The third-order valence-electron chi connectivity index (χ3n) is 5.67. The topological polar surface area (TPSA) is 128 Å². The molecule has 0 aromatic carbocycles. The Balaban J connectivity index is 3.07. The van der Waals surface area contributed by atoms with Crippen molar-refractivity contribution in [1.29, 1.82) is 0 Å². The van der Waals surface area contributed by atoms with Crippen molar-refractivity contribution >= 4 is 5.97 Å². The van der Waals surface area contributed by atoms with Gasteiger partial charge in [0.25, 0.3) is 0 Å². The molecule has 0 N–H and O–H groups in total. The molecule has 0 rings (SSSR count). The van der Waals surface area contributed by atoms with Gasteiger partial charge < -0.3 is 56.8 Å². The molecule has 0 aliphatic heterocycles. The van der Waals surface area contributed by atoms with Gasteiger partial charge in [-0.05, 0) is 6.42 Å². The number of esters is 1. The van der Waals surface area contributed by atoms with Gasteiger partial charge in [-0.25, -0.2) is 4.39 Å². The van der Waals surface area contributed by atoms with Crippen molar-refractivity contribution < 1.29 is 66.0 Å². The molecule has 13 nitrogen and oxygen atoms in total. The van der Waals surface area contributed by atoms with Crippen LogP contribution in [-0.2, 0) is 61.6 Å². The SMILES string of the molecule is CCCCCCC(=O)OCCOCCOCCOCCOCCOCCOCCOCCOCCOCCOCCOCCF. The number of ether oxygens (including phenoxy) is 12. The molecule has 0 amide bonds. The zero-order chi connectivity index (χ0) is 32.6. The average Bonchev–Trinajstić information content (AvgIpc) is 3.05. The predicted octanol–water partition coefficient (Wildman–Crippen LogP) is 2.65. The van der Waals surface area contributed by atoms with E-state index in [1.54, 1.807) is 0 Å². The van der Waals surface area contributed by atoms with Crippen LogP contribution in [0.5, 0.6) is 0 Å². The zero-order valence-corrected chi connectivity index (χ0v) is 27.7. The van der Waals surface area contributed by atoms with Crippen LogP contribution in [-0.4, -0.2) is 165 Å². The lowest BCUT2D eigenvalue weighted by Gasteiger charge is -2.09. The van der Waals surface area contributed by atoms with Crippen molar-refractivity contribution in [3.8, 4) is 0 Å². The minimum Gasteiger partial charge on any atom is -0.463 e. The second-order valence-electron chi connectivity index (χ2n) is 9.46. The fraction of sp³-hybridized carbons (Fsp3) is 0.968. The van der Waals surface area contributed by atoms with E-state index in [1.807, 2.05) is 0 Å². The standard InChI is InChI=1S/C31H61FO13/c1-2-3-4-5-6-31(33)45-30-29-44-28-27-43-26-25-42-24-23-41-22-21-40-20-19-39-18-17-38-16-15-37-14-13-36-12-11-35-10-9-34-8-7-32/h2-30H2,1H3. The molecule has 14 heteroatoms. The maximum atomic E-state index is 11.8. The number of hydrogen-bond acceptors (Lipinski definition) is 13. The van der Waals surface area contributed by atoms with Crippen molar-refractivity contribution in [2.75, 3.05) is 159 Å². The Labute approximate surface area is 269 Å². The van der Waals surface area contributed by atoms with Gasteiger partial charge in [0.05, 0.1) is 145 Å². The van der Waals surface area contributed by atoms with Gasteiger partial charge in [-0.3, -0.25) is 4.79 Å². The molecule has 0 bridgehead atoms. The first-order valence-corrected chi connectivity index (χ1v) is 16.4. The molecule has 0 aliphatic carbocycles. The summed E-state index contributed by atoms with van der Waals surface area (Å²) >= 11 is 0. The van der Waals surface area contributed by atoms with Gasteiger partial charge in [0.1, 0.15) is 13.3 Å². The first-order valence-electron chi connectivity index (χ1n) is 16.4. The highest BCUT2D eigenvalue weighted by atomic mass is 19.1. The molecular formula is C31H61FO13. The van der Waals surface area contributed by atoms with Crippen LogP contribution in [0.15, 0.2) is 0 Å². The number of carbonyl (C=O) groups is 1. The maximum absolute atomic E-state index is 11.8. The number of carbonyl (C=O) groups excluding carboxylic acids is 1. The van der Waals surface area contributed by atoms with Gasteiger partial charge in [-0.15, -0.1) is 0 Å². The van der Waals surface area contributed by atoms with Crippen molar-refractivity contribution in [3.63, 3.8) is 0 Å². The predicted molar refractivity (Wildman–Crippen MR) is 165 cm³/mol. The lowest BCUT2D eigenvalue weighted by atomic mass is 10.2. The second-order valence-corrected chi connectivity index (χ2v) is 9.46. The van der Waals surface area contributed by atoms with Crippen LogP contribution in [0.3, 0.4) is 0 Å². The second kappa shape index (κ2) is 41.0. The Morgan fingerprint density at radius 2 is 0.644 bits per heavy atom. The smallest absolute Gasteiger partial charge is 0.305 e. The third kappa shape index (κ3) is 40.9. The van der Waals surface area contributed by atoms with Crippen molar-refractivity contribution in [3.05, 3.63) is 0 Å². The Hall–Kier alpha value is -1.04. The quantitative estimate of drug-likeness (QED) is 0.0707. The summed E-state index contributed by atoms with van der Waals surface area (Å²) in [6.07, 6.45) is 4.75. The molecular weight excluding hydrogens is 599 g/mol. The summed E-state index contributed by atoms with van der Waals surface area (Å²) in [6.45, 7) is 12.0. The van der Waals surface area contributed by atoms with Crippen LogP contribution in [0.2, 0.25) is 0 Å². The Morgan fingerprint density at radius 1 is 0.378 bits per heavy atom. The molecule has 0 aliphatic rings. The average molecular weight is 661 g/mol. The molecule has 0 aromatic rings. The van der Waals surface area contributed by atoms with Gasteiger partial charge in [-0.2, -0.15) is 0 Å². The van der Waals surface area contributed by atoms with E-state index in [-0.39, 0.29) is 19.2 Å². The van der Waals surface area contributed by atoms with Gasteiger partial charge in [0, 0.05) is 6.42 Å². The fourth-order valence-electron chi connectivity index (χ4n) is 3.34. The van der Waals surface area contributed by atoms with E-state index in [0.29, 0.717) is 145 Å². The monoisotopic (exact) mass is 660 g/mol. The number of unbranched alkanes of at least 4 members (excludes halogenated alkanes) is 3. The molecule has 0 unspecified atom stereocenters. The Bertz CT molecular complexity index is 564. The molecule has 0 atom stereocenters. The summed E-state index contributed by atoms with van der Waals surface area (Å²) in [5, 5.41) is 0. The van der Waals surface area contributed by atoms with E-state index in [9.17, 15) is 9.18 Å². The highest BCUT2D eigenvalue weighted by molar-refractivity contribution is 5.69. The van der Waals surface area contributed by atoms with Gasteiger partial charge >= 0.3 is 5.97 Å². The normalized spacial score (nSPS) is 11.4. The Kier molecular flexibility index (Phi) is 40.0. The Morgan fingerprint density at radius 3 is 0.911 bits per heavy atom. The first-order chi connectivity index (χ1) is 22.3. The molecule has 270 valence electrons. The zero-order valence-electron chi connectivity index (χ0n) is 27.7. The summed E-state index contributed by atoms with van der Waals surface area (Å²) in [5.41, 5.74) is 0. The molecule has 0 saturated heterocycles. The van der Waals surface area contributed by atoms with E-state index >= 15 is 0 Å². The minimum absolute atomic E-state index is 0.111. The van der Waals surface area contributed by atoms with E-state index in [0.717, 1.165) is 25.7 Å². The van der Waals surface area contributed by atoms with E-state index in [1.165, 1.54) is 0 Å². The lowest BCUT2D eigenvalue weighted by molar-refractivity contribution is -0.145. The van der Waals surface area contributed by atoms with Crippen LogP contribution in [0, 0.1) is 0 Å². The number of hydrogen-bond donors (Lipinski definition) is 0. The van der Waals surface area contributed by atoms with Crippen LogP contribution < -0.4 is 0 Å². The third-order valence-corrected chi connectivity index (χ3v) is 5.67. The molecule has 45 heavy (non-hydrogen) atoms. The fourth-order valence-corrected chi connectivity index (χ4v) is 3.34. The molecule has 0 radical (unpaired) electrons. The van der Waals surface area contributed by atoms with Crippen molar-refractivity contribution in [1.82, 2.24) is 0 Å². The molecule has 0 spiro atoms. The van der Waals surface area contributed by atoms with Crippen LogP contribution in [0.25, 0.3) is 0 Å². The van der Waals surface area contributed by atoms with E-state index < -0.39 is 6.67 Å². The first kappa shape index (κ1) is 44.0. The maximum Gasteiger partial charge on any atom is 0.305 e. The van der Waals surface area contributed by atoms with E-state index in [4.69, 9.17) is 56.8 Å². The molecule has 0 heterocycles. The van der Waals surface area contributed by atoms with Gasteiger partial charge in [0.2, 0.25) is 0 Å². The highest BCUT2D eigenvalue weighted by Gasteiger charge is 2.02. The summed E-state index contributed by atoms with van der Waals surface area (Å²) in [7, 11) is 0. The van der Waals surface area contributed by atoms with Crippen LogP contribution in [0.1, 0.15) is 39.0 Å². The van der Waals surface area contributed by atoms with Gasteiger partial charge in [-0.1, -0.05) is 26.2 Å². The van der Waals surface area contributed by atoms with E-state index in [2.05, 4.69) is 6.92 Å². The van der Waals surface area contributed by atoms with Gasteiger partial charge in [0.15, 0.2) is 0 Å². The number of alkyl halides is 1. The highest BCUT2D eigenvalue weighted by Crippen LogP contribution is 2.03. The number of rotatable bonds is 40. The summed E-state index contributed by atoms with van der Waals surface area (Å²) < 4.78 is 76.1. The molecule has 0 aromatic heterocycles. The van der Waals surface area contributed by atoms with Crippen LogP contribution >= 0.6 is 0 Å². The minimum atomic E-state index is -0.477. The summed E-state index contributed by atoms with van der Waals surface area (Å²) in [5.74, 6) is -0.156. The lowest BCUT2D eigenvalue weighted by Crippen LogP contribution is -2.15. The van der Waals surface area contributed by atoms with Crippen molar-refractivity contribution in [2.24, 2.45) is 0 Å². The largest absolute Gasteiger partial charge is 0.463 e. The summed E-state index contributed by atoms with van der Waals surface area (Å²) in [6, 6.07) is 0. The molecule has 0 fully saturated rings. The van der Waals surface area contributed by atoms with Crippen molar-refractivity contribution in [2.45, 2.75) is 39.0 Å².